The Hall–Kier alpha value is -0.0800. The number of hydrogen-bond donors (Lipinski definition) is 1. The molecule has 2 N–H and O–H groups in total. The Morgan fingerprint density at radius 3 is 1.30 bits per heavy atom. The fraction of sp³-hybridized carbons (Fsp3) is 1.00. The zero-order valence-electron chi connectivity index (χ0n) is 16.3. The van der Waals surface area contributed by atoms with Crippen LogP contribution in [-0.4, -0.2) is 19.3 Å². The molecule has 23 heavy (non-hydrogen) atoms. The number of nitrogens with two attached hydrogens (primary N) is 1. The van der Waals surface area contributed by atoms with Gasteiger partial charge in [0.05, 0.1) is 6.61 Å². The maximum atomic E-state index is 5.64. The summed E-state index contributed by atoms with van der Waals surface area (Å²) in [6.07, 6.45) is 22.6. The van der Waals surface area contributed by atoms with E-state index in [0.29, 0.717) is 6.61 Å². The first-order valence-electron chi connectivity index (χ1n) is 10.6. The fourth-order valence-corrected chi connectivity index (χ4v) is 3.02. The van der Waals surface area contributed by atoms with Crippen molar-refractivity contribution in [2.45, 2.75) is 123 Å². The number of ether oxygens (including phenoxy) is 1. The van der Waals surface area contributed by atoms with Gasteiger partial charge in [-0.25, -0.2) is 0 Å². The molecule has 0 aliphatic carbocycles. The Labute approximate surface area is 146 Å². The molecule has 0 rings (SSSR count). The largest absolute Gasteiger partial charge is 0.380 e. The Morgan fingerprint density at radius 2 is 0.957 bits per heavy atom. The van der Waals surface area contributed by atoms with Crippen molar-refractivity contribution in [3.63, 3.8) is 0 Å². The summed E-state index contributed by atoms with van der Waals surface area (Å²) in [5.74, 6) is 0. The van der Waals surface area contributed by atoms with E-state index in [1.165, 1.54) is 103 Å². The van der Waals surface area contributed by atoms with Gasteiger partial charge in [-0.3, -0.25) is 0 Å². The van der Waals surface area contributed by atoms with Gasteiger partial charge in [0.2, 0.25) is 0 Å². The van der Waals surface area contributed by atoms with Gasteiger partial charge in [-0.1, -0.05) is 103 Å². The van der Waals surface area contributed by atoms with Crippen molar-refractivity contribution in [3.8, 4) is 0 Å². The monoisotopic (exact) mass is 327 g/mol. The summed E-state index contributed by atoms with van der Waals surface area (Å²) in [6.45, 7) is 5.88. The first-order valence-corrected chi connectivity index (χ1v) is 10.6. The van der Waals surface area contributed by atoms with Gasteiger partial charge in [0, 0.05) is 12.6 Å². The second kappa shape index (κ2) is 20.0. The summed E-state index contributed by atoms with van der Waals surface area (Å²) >= 11 is 0. The normalized spacial score (nSPS) is 12.7. The molecule has 2 heteroatoms. The van der Waals surface area contributed by atoms with Gasteiger partial charge in [-0.05, 0) is 13.3 Å². The minimum absolute atomic E-state index is 0.177. The highest BCUT2D eigenvalue weighted by Gasteiger charge is 1.96. The summed E-state index contributed by atoms with van der Waals surface area (Å²) in [5, 5.41) is 0. The molecule has 0 aliphatic heterocycles. The van der Waals surface area contributed by atoms with Crippen molar-refractivity contribution < 1.29 is 4.74 Å². The van der Waals surface area contributed by atoms with Crippen LogP contribution in [0.25, 0.3) is 0 Å². The van der Waals surface area contributed by atoms with Crippen LogP contribution in [0, 0.1) is 0 Å². The Morgan fingerprint density at radius 1 is 0.609 bits per heavy atom. The van der Waals surface area contributed by atoms with E-state index in [9.17, 15) is 0 Å². The minimum atomic E-state index is 0.177. The summed E-state index contributed by atoms with van der Waals surface area (Å²) in [7, 11) is 0. The number of unbranched alkanes of at least 4 members (excludes halogenated alkanes) is 15. The molecule has 0 aliphatic rings. The highest BCUT2D eigenvalue weighted by atomic mass is 16.5. The standard InChI is InChI=1S/C21H45NO/c1-3-4-5-6-7-8-9-10-11-12-13-14-15-16-17-18-19-23-20-21(2)22/h21H,3-20,22H2,1-2H3/t21-/m0/s1. The smallest absolute Gasteiger partial charge is 0.0614 e. The third-order valence-electron chi connectivity index (χ3n) is 4.52. The number of rotatable bonds is 19. The molecule has 0 aromatic rings. The van der Waals surface area contributed by atoms with E-state index in [1.807, 2.05) is 6.92 Å². The Balaban J connectivity index is 2.95. The quantitative estimate of drug-likeness (QED) is 0.271. The van der Waals surface area contributed by atoms with Crippen LogP contribution in [0.2, 0.25) is 0 Å². The highest BCUT2D eigenvalue weighted by Crippen LogP contribution is 2.13. The zero-order valence-corrected chi connectivity index (χ0v) is 16.3. The predicted molar refractivity (Wildman–Crippen MR) is 104 cm³/mol. The molecule has 0 saturated carbocycles. The number of hydrogen-bond acceptors (Lipinski definition) is 2. The topological polar surface area (TPSA) is 35.2 Å². The van der Waals surface area contributed by atoms with Crippen LogP contribution in [0.4, 0.5) is 0 Å². The van der Waals surface area contributed by atoms with E-state index >= 15 is 0 Å². The molecular weight excluding hydrogens is 282 g/mol. The van der Waals surface area contributed by atoms with Crippen LogP contribution in [0.3, 0.4) is 0 Å². The van der Waals surface area contributed by atoms with Crippen LogP contribution in [0.1, 0.15) is 117 Å². The summed E-state index contributed by atoms with van der Waals surface area (Å²) in [4.78, 5) is 0. The van der Waals surface area contributed by atoms with E-state index in [0.717, 1.165) is 6.61 Å². The van der Waals surface area contributed by atoms with Crippen LogP contribution < -0.4 is 5.73 Å². The molecular formula is C21H45NO. The molecule has 0 heterocycles. The van der Waals surface area contributed by atoms with Crippen molar-refractivity contribution >= 4 is 0 Å². The molecule has 0 aromatic heterocycles. The van der Waals surface area contributed by atoms with Crippen LogP contribution >= 0.6 is 0 Å². The SMILES string of the molecule is CCCCCCCCCCCCCCCCCCOC[C@H](C)N. The molecule has 0 spiro atoms. The zero-order chi connectivity index (χ0) is 17.0. The Kier molecular flexibility index (Phi) is 19.9. The Bertz CT molecular complexity index is 206. The van der Waals surface area contributed by atoms with Gasteiger partial charge in [0.1, 0.15) is 0 Å². The van der Waals surface area contributed by atoms with Gasteiger partial charge >= 0.3 is 0 Å². The fourth-order valence-electron chi connectivity index (χ4n) is 3.02. The lowest BCUT2D eigenvalue weighted by Crippen LogP contribution is -2.22. The summed E-state index contributed by atoms with van der Waals surface area (Å²) in [5.41, 5.74) is 5.64. The third kappa shape index (κ3) is 21.9. The van der Waals surface area contributed by atoms with Crippen molar-refractivity contribution in [1.29, 1.82) is 0 Å². The molecule has 0 fully saturated rings. The lowest BCUT2D eigenvalue weighted by molar-refractivity contribution is 0.120. The average Bonchev–Trinajstić information content (AvgIpc) is 2.53. The average molecular weight is 328 g/mol. The first kappa shape index (κ1) is 22.9. The van der Waals surface area contributed by atoms with Crippen molar-refractivity contribution in [1.82, 2.24) is 0 Å². The third-order valence-corrected chi connectivity index (χ3v) is 4.52. The minimum Gasteiger partial charge on any atom is -0.380 e. The van der Waals surface area contributed by atoms with E-state index in [2.05, 4.69) is 6.92 Å². The molecule has 0 radical (unpaired) electrons. The van der Waals surface area contributed by atoms with Gasteiger partial charge in [0.15, 0.2) is 0 Å². The van der Waals surface area contributed by atoms with Gasteiger partial charge in [-0.2, -0.15) is 0 Å². The van der Waals surface area contributed by atoms with E-state index in [-0.39, 0.29) is 6.04 Å². The molecule has 2 nitrogen and oxygen atoms in total. The van der Waals surface area contributed by atoms with Crippen LogP contribution in [0.15, 0.2) is 0 Å². The highest BCUT2D eigenvalue weighted by molar-refractivity contribution is 4.51. The van der Waals surface area contributed by atoms with Crippen molar-refractivity contribution in [2.24, 2.45) is 5.73 Å². The lowest BCUT2D eigenvalue weighted by Gasteiger charge is -2.06. The maximum Gasteiger partial charge on any atom is 0.0614 e. The molecule has 140 valence electrons. The lowest BCUT2D eigenvalue weighted by atomic mass is 10.0. The molecule has 0 aromatic carbocycles. The molecule has 1 atom stereocenters. The maximum absolute atomic E-state index is 5.64. The first-order chi connectivity index (χ1) is 11.3. The van der Waals surface area contributed by atoms with E-state index in [1.54, 1.807) is 0 Å². The molecule has 0 amide bonds. The molecule has 0 saturated heterocycles. The van der Waals surface area contributed by atoms with Gasteiger partial charge in [0.25, 0.3) is 0 Å². The van der Waals surface area contributed by atoms with Gasteiger partial charge < -0.3 is 10.5 Å². The second-order valence-corrected chi connectivity index (χ2v) is 7.36. The van der Waals surface area contributed by atoms with E-state index < -0.39 is 0 Å². The molecule has 0 unspecified atom stereocenters. The molecule has 0 bridgehead atoms. The van der Waals surface area contributed by atoms with Crippen molar-refractivity contribution in [2.75, 3.05) is 13.2 Å². The van der Waals surface area contributed by atoms with Gasteiger partial charge in [-0.15, -0.1) is 0 Å². The summed E-state index contributed by atoms with van der Waals surface area (Å²) in [6, 6.07) is 0.177. The van der Waals surface area contributed by atoms with Crippen molar-refractivity contribution in [3.05, 3.63) is 0 Å². The summed E-state index contributed by atoms with van der Waals surface area (Å²) < 4.78 is 5.49. The predicted octanol–water partition coefficient (Wildman–Crippen LogP) is 6.61. The van der Waals surface area contributed by atoms with Crippen LogP contribution in [0.5, 0.6) is 0 Å². The van der Waals surface area contributed by atoms with Crippen LogP contribution in [-0.2, 0) is 4.74 Å². The van der Waals surface area contributed by atoms with E-state index in [4.69, 9.17) is 10.5 Å². The second-order valence-electron chi connectivity index (χ2n) is 7.36.